The highest BCUT2D eigenvalue weighted by Gasteiger charge is 2.31. The maximum Gasteiger partial charge on any atom is 0.239 e. The summed E-state index contributed by atoms with van der Waals surface area (Å²) in [5.41, 5.74) is 3.61. The van der Waals surface area contributed by atoms with Gasteiger partial charge in [0.2, 0.25) is 5.91 Å². The van der Waals surface area contributed by atoms with E-state index in [-0.39, 0.29) is 35.9 Å². The van der Waals surface area contributed by atoms with Crippen molar-refractivity contribution >= 4 is 57.4 Å². The number of nitrogens with one attached hydrogen (secondary N) is 2. The van der Waals surface area contributed by atoms with E-state index in [1.807, 2.05) is 23.1 Å². The standard InChI is InChI=1S/C20H19Cl3N4O2/c1-10-14(22)7-15(23)20(24-10)26-18(29)8-27-5-4-12-13-6-11(21)2-3-16(13)25-19(12)17(27)9-28/h2-3,6-7,17,25,28H,4-5,8-9H2,1H3,(H,24,26,29). The van der Waals surface area contributed by atoms with E-state index in [1.165, 1.54) is 0 Å². The summed E-state index contributed by atoms with van der Waals surface area (Å²) in [7, 11) is 0. The number of fused-ring (bicyclic) bond motifs is 3. The molecule has 2 aromatic heterocycles. The first kappa shape index (κ1) is 20.4. The van der Waals surface area contributed by atoms with Crippen molar-refractivity contribution in [3.8, 4) is 0 Å². The summed E-state index contributed by atoms with van der Waals surface area (Å²) in [6.07, 6.45) is 0.749. The third kappa shape index (κ3) is 3.96. The average Bonchev–Trinajstić information content (AvgIpc) is 3.03. The van der Waals surface area contributed by atoms with Gasteiger partial charge in [-0.2, -0.15) is 0 Å². The number of hydrogen-bond donors (Lipinski definition) is 3. The fraction of sp³-hybridized carbons (Fsp3) is 0.300. The van der Waals surface area contributed by atoms with Crippen LogP contribution in [0.15, 0.2) is 24.3 Å². The third-order valence-electron chi connectivity index (χ3n) is 5.21. The van der Waals surface area contributed by atoms with E-state index < -0.39 is 0 Å². The second-order valence-corrected chi connectivity index (χ2v) is 8.31. The van der Waals surface area contributed by atoms with E-state index in [0.29, 0.717) is 22.3 Å². The Hall–Kier alpha value is -1.83. The first-order valence-corrected chi connectivity index (χ1v) is 10.3. The van der Waals surface area contributed by atoms with Crippen LogP contribution < -0.4 is 5.32 Å². The lowest BCUT2D eigenvalue weighted by Crippen LogP contribution is -2.42. The molecule has 9 heteroatoms. The number of aromatic nitrogens is 2. The summed E-state index contributed by atoms with van der Waals surface area (Å²) in [4.78, 5) is 22.2. The van der Waals surface area contributed by atoms with E-state index in [0.717, 1.165) is 28.6 Å². The zero-order chi connectivity index (χ0) is 20.7. The lowest BCUT2D eigenvalue weighted by molar-refractivity contribution is -0.118. The SMILES string of the molecule is Cc1nc(NC(=O)CN2CCc3c([nH]c4ccc(Cl)cc34)C2CO)c(Cl)cc1Cl. The van der Waals surface area contributed by atoms with Crippen molar-refractivity contribution in [3.63, 3.8) is 0 Å². The van der Waals surface area contributed by atoms with Crippen molar-refractivity contribution in [3.05, 3.63) is 56.3 Å². The van der Waals surface area contributed by atoms with Crippen molar-refractivity contribution in [2.24, 2.45) is 0 Å². The van der Waals surface area contributed by atoms with Crippen LogP contribution >= 0.6 is 34.8 Å². The largest absolute Gasteiger partial charge is 0.394 e. The summed E-state index contributed by atoms with van der Waals surface area (Å²) in [5, 5.41) is 15.2. The molecule has 4 rings (SSSR count). The van der Waals surface area contributed by atoms with E-state index in [1.54, 1.807) is 13.0 Å². The van der Waals surface area contributed by atoms with Gasteiger partial charge in [-0.3, -0.25) is 9.69 Å². The smallest absolute Gasteiger partial charge is 0.239 e. The highest BCUT2D eigenvalue weighted by molar-refractivity contribution is 6.36. The molecule has 1 aliphatic heterocycles. The number of rotatable bonds is 4. The highest BCUT2D eigenvalue weighted by Crippen LogP contribution is 2.35. The lowest BCUT2D eigenvalue weighted by atomic mass is 9.97. The Bertz CT molecular complexity index is 1100. The molecule has 0 saturated carbocycles. The van der Waals surface area contributed by atoms with Gasteiger partial charge >= 0.3 is 0 Å². The van der Waals surface area contributed by atoms with Gasteiger partial charge in [0.15, 0.2) is 5.82 Å². The minimum atomic E-state index is -0.314. The van der Waals surface area contributed by atoms with Gasteiger partial charge < -0.3 is 15.4 Å². The molecule has 3 N–H and O–H groups in total. The summed E-state index contributed by atoms with van der Waals surface area (Å²) in [6.45, 7) is 2.36. The van der Waals surface area contributed by atoms with Crippen molar-refractivity contribution in [1.29, 1.82) is 0 Å². The minimum Gasteiger partial charge on any atom is -0.394 e. The molecule has 3 aromatic rings. The maximum atomic E-state index is 12.6. The second-order valence-electron chi connectivity index (χ2n) is 7.06. The Morgan fingerprint density at radius 1 is 1.31 bits per heavy atom. The van der Waals surface area contributed by atoms with Gasteiger partial charge in [-0.05, 0) is 43.2 Å². The first-order valence-electron chi connectivity index (χ1n) is 9.14. The van der Waals surface area contributed by atoms with Gasteiger partial charge in [-0.15, -0.1) is 0 Å². The van der Waals surface area contributed by atoms with Crippen LogP contribution in [0.5, 0.6) is 0 Å². The molecule has 1 aromatic carbocycles. The Labute approximate surface area is 182 Å². The van der Waals surface area contributed by atoms with Gasteiger partial charge in [0.05, 0.1) is 34.9 Å². The molecular weight excluding hydrogens is 435 g/mol. The number of aromatic amines is 1. The average molecular weight is 454 g/mol. The lowest BCUT2D eigenvalue weighted by Gasteiger charge is -2.34. The van der Waals surface area contributed by atoms with E-state index in [2.05, 4.69) is 15.3 Å². The fourth-order valence-electron chi connectivity index (χ4n) is 3.79. The summed E-state index contributed by atoms with van der Waals surface area (Å²) < 4.78 is 0. The molecule has 1 amide bonds. The van der Waals surface area contributed by atoms with Crippen LogP contribution in [-0.2, 0) is 11.2 Å². The Kier molecular flexibility index (Phi) is 5.73. The molecule has 0 bridgehead atoms. The van der Waals surface area contributed by atoms with Gasteiger partial charge in [0.25, 0.3) is 0 Å². The summed E-state index contributed by atoms with van der Waals surface area (Å²) in [5.74, 6) is 0.0132. The molecule has 29 heavy (non-hydrogen) atoms. The van der Waals surface area contributed by atoms with Crippen LogP contribution in [0.2, 0.25) is 15.1 Å². The number of H-pyrrole nitrogens is 1. The normalized spacial score (nSPS) is 16.8. The van der Waals surface area contributed by atoms with Crippen LogP contribution in [0.1, 0.15) is 23.0 Å². The number of carbonyl (C=O) groups is 1. The van der Waals surface area contributed by atoms with Gasteiger partial charge in [0, 0.05) is 28.2 Å². The number of aliphatic hydroxyl groups is 1. The summed E-state index contributed by atoms with van der Waals surface area (Å²) >= 11 is 18.3. The Morgan fingerprint density at radius 3 is 2.86 bits per heavy atom. The Morgan fingerprint density at radius 2 is 2.10 bits per heavy atom. The number of pyridine rings is 1. The number of halogens is 3. The van der Waals surface area contributed by atoms with Gasteiger partial charge in [-0.1, -0.05) is 34.8 Å². The number of anilines is 1. The number of carbonyl (C=O) groups excluding carboxylic acids is 1. The van der Waals surface area contributed by atoms with Crippen molar-refractivity contribution in [2.75, 3.05) is 25.0 Å². The third-order valence-corrected chi connectivity index (χ3v) is 6.11. The fourth-order valence-corrected chi connectivity index (χ4v) is 4.36. The molecule has 6 nitrogen and oxygen atoms in total. The Balaban J connectivity index is 1.55. The molecule has 1 unspecified atom stereocenters. The maximum absolute atomic E-state index is 12.6. The first-order chi connectivity index (χ1) is 13.9. The highest BCUT2D eigenvalue weighted by atomic mass is 35.5. The number of amides is 1. The number of benzene rings is 1. The van der Waals surface area contributed by atoms with Crippen LogP contribution in [0, 0.1) is 6.92 Å². The number of hydrogen-bond acceptors (Lipinski definition) is 4. The number of aryl methyl sites for hydroxylation is 1. The van der Waals surface area contributed by atoms with Gasteiger partial charge in [0.1, 0.15) is 0 Å². The van der Waals surface area contributed by atoms with E-state index in [4.69, 9.17) is 34.8 Å². The number of nitrogens with zero attached hydrogens (tertiary/aromatic N) is 2. The minimum absolute atomic E-state index is 0.0977. The molecule has 0 radical (unpaired) electrons. The van der Waals surface area contributed by atoms with Gasteiger partial charge in [-0.25, -0.2) is 4.98 Å². The van der Waals surface area contributed by atoms with Crippen molar-refractivity contribution < 1.29 is 9.90 Å². The molecule has 0 fully saturated rings. The topological polar surface area (TPSA) is 81.2 Å². The predicted octanol–water partition coefficient (Wildman–Crippen LogP) is 4.36. The molecule has 0 saturated heterocycles. The van der Waals surface area contributed by atoms with E-state index in [9.17, 15) is 9.90 Å². The van der Waals surface area contributed by atoms with Crippen LogP contribution in [0.3, 0.4) is 0 Å². The molecule has 152 valence electrons. The zero-order valence-electron chi connectivity index (χ0n) is 15.6. The number of aliphatic hydroxyl groups excluding tert-OH is 1. The molecule has 3 heterocycles. The van der Waals surface area contributed by atoms with Crippen LogP contribution in [-0.4, -0.2) is 45.6 Å². The predicted molar refractivity (Wildman–Crippen MR) is 116 cm³/mol. The van der Waals surface area contributed by atoms with Crippen molar-refractivity contribution in [1.82, 2.24) is 14.9 Å². The molecule has 1 aliphatic rings. The molecular formula is C20H19Cl3N4O2. The molecule has 0 spiro atoms. The monoisotopic (exact) mass is 452 g/mol. The zero-order valence-corrected chi connectivity index (χ0v) is 17.9. The summed E-state index contributed by atoms with van der Waals surface area (Å²) in [6, 6.07) is 6.93. The van der Waals surface area contributed by atoms with Crippen LogP contribution in [0.25, 0.3) is 10.9 Å². The van der Waals surface area contributed by atoms with Crippen LogP contribution in [0.4, 0.5) is 5.82 Å². The van der Waals surface area contributed by atoms with E-state index >= 15 is 0 Å². The molecule has 1 atom stereocenters. The second kappa shape index (κ2) is 8.13. The van der Waals surface area contributed by atoms with Crippen molar-refractivity contribution in [2.45, 2.75) is 19.4 Å². The quantitative estimate of drug-likeness (QED) is 0.548. The molecule has 0 aliphatic carbocycles.